The van der Waals surface area contributed by atoms with Gasteiger partial charge in [-0.05, 0) is 18.9 Å². The maximum absolute atomic E-state index is 6.10. The summed E-state index contributed by atoms with van der Waals surface area (Å²) in [5.74, 6) is 0. The molecule has 0 saturated heterocycles. The van der Waals surface area contributed by atoms with Crippen molar-refractivity contribution in [3.8, 4) is 0 Å². The van der Waals surface area contributed by atoms with Crippen LogP contribution in [-0.2, 0) is 0 Å². The van der Waals surface area contributed by atoms with Crippen molar-refractivity contribution >= 4 is 11.6 Å². The third-order valence-corrected chi connectivity index (χ3v) is 2.83. The van der Waals surface area contributed by atoms with Gasteiger partial charge >= 0.3 is 0 Å². The van der Waals surface area contributed by atoms with Crippen LogP contribution in [0.1, 0.15) is 58.8 Å². The Morgan fingerprint density at radius 3 is 2.25 bits per heavy atom. The number of nitrogens with zero attached hydrogens (tertiary/aromatic N) is 1. The summed E-state index contributed by atoms with van der Waals surface area (Å²) >= 11 is 6.10. The molecule has 1 aromatic rings. The van der Waals surface area contributed by atoms with Gasteiger partial charge < -0.3 is 0 Å². The number of rotatable bonds is 7. The second-order valence-electron chi connectivity index (χ2n) is 4.00. The summed E-state index contributed by atoms with van der Waals surface area (Å²) in [6, 6.07) is 1.83. The van der Waals surface area contributed by atoms with Crippen LogP contribution in [0.5, 0.6) is 0 Å². The summed E-state index contributed by atoms with van der Waals surface area (Å²) in [4.78, 5) is 0. The first-order valence-electron chi connectivity index (χ1n) is 6.39. The highest BCUT2D eigenvalue weighted by Gasteiger charge is 2.01. The topological polar surface area (TPSA) is 28.7 Å². The van der Waals surface area contributed by atoms with Gasteiger partial charge in [-0.3, -0.25) is 5.10 Å². The van der Waals surface area contributed by atoms with E-state index in [1.165, 1.54) is 44.9 Å². The summed E-state index contributed by atoms with van der Waals surface area (Å²) in [5.41, 5.74) is 0. The summed E-state index contributed by atoms with van der Waals surface area (Å²) in [7, 11) is 0. The molecule has 2 nitrogen and oxygen atoms in total. The van der Waals surface area contributed by atoms with Crippen LogP contribution >= 0.6 is 11.6 Å². The molecule has 3 heteroatoms. The number of halogens is 1. The molecule has 0 aliphatic rings. The molecular formula is C13H25ClN2. The predicted molar refractivity (Wildman–Crippen MR) is 71.9 cm³/mol. The van der Waals surface area contributed by atoms with Crippen LogP contribution in [0.3, 0.4) is 0 Å². The fraction of sp³-hybridized carbons (Fsp3) is 0.769. The summed E-state index contributed by atoms with van der Waals surface area (Å²) in [6.07, 6.45) is 12.4. The number of aromatic amines is 1. The van der Waals surface area contributed by atoms with E-state index in [4.69, 9.17) is 11.6 Å². The van der Waals surface area contributed by atoms with E-state index in [2.05, 4.69) is 24.0 Å². The average molecular weight is 245 g/mol. The molecule has 94 valence electrons. The molecule has 1 aromatic heterocycles. The molecule has 0 aliphatic carbocycles. The van der Waals surface area contributed by atoms with Crippen LogP contribution in [0.2, 0.25) is 0 Å². The number of alkyl halides is 1. The van der Waals surface area contributed by atoms with E-state index in [0.29, 0.717) is 5.38 Å². The molecule has 1 atom stereocenters. The van der Waals surface area contributed by atoms with Gasteiger partial charge in [0.05, 0.1) is 0 Å². The van der Waals surface area contributed by atoms with Crippen molar-refractivity contribution in [1.29, 1.82) is 0 Å². The molecule has 1 heterocycles. The number of nitrogens with one attached hydrogen (secondary N) is 1. The van der Waals surface area contributed by atoms with E-state index in [0.717, 1.165) is 0 Å². The SMILES string of the molecule is CCCCCC(Cl)CCCC.c1cn[nH]c1. The summed E-state index contributed by atoms with van der Waals surface area (Å²) < 4.78 is 0. The van der Waals surface area contributed by atoms with Crippen LogP contribution in [0.15, 0.2) is 18.5 Å². The van der Waals surface area contributed by atoms with Crippen molar-refractivity contribution in [3.63, 3.8) is 0 Å². The maximum Gasteiger partial charge on any atom is 0.0487 e. The standard InChI is InChI=1S/C10H21Cl.C3H4N2/c1-3-5-7-9-10(11)8-6-4-2;1-2-4-5-3-1/h10H,3-9H2,1-2H3;1-3H,(H,4,5). The normalized spacial score (nSPS) is 11.7. The fourth-order valence-electron chi connectivity index (χ4n) is 1.40. The van der Waals surface area contributed by atoms with Crippen molar-refractivity contribution in [2.24, 2.45) is 0 Å². The van der Waals surface area contributed by atoms with E-state index in [1.54, 1.807) is 12.4 Å². The highest BCUT2D eigenvalue weighted by Crippen LogP contribution is 2.14. The lowest BCUT2D eigenvalue weighted by Crippen LogP contribution is -1.97. The van der Waals surface area contributed by atoms with E-state index >= 15 is 0 Å². The second kappa shape index (κ2) is 12.6. The molecule has 1 unspecified atom stereocenters. The Bertz CT molecular complexity index is 182. The summed E-state index contributed by atoms with van der Waals surface area (Å²) in [5, 5.41) is 6.65. The van der Waals surface area contributed by atoms with Crippen molar-refractivity contribution < 1.29 is 0 Å². The van der Waals surface area contributed by atoms with Crippen molar-refractivity contribution in [2.75, 3.05) is 0 Å². The zero-order chi connectivity index (χ0) is 12.1. The van der Waals surface area contributed by atoms with Gasteiger partial charge in [-0.1, -0.05) is 46.0 Å². The molecule has 0 amide bonds. The minimum atomic E-state index is 0.446. The average Bonchev–Trinajstić information content (AvgIpc) is 2.85. The first-order valence-corrected chi connectivity index (χ1v) is 6.82. The van der Waals surface area contributed by atoms with Crippen LogP contribution in [-0.4, -0.2) is 15.6 Å². The Hall–Kier alpha value is -0.500. The molecule has 0 aromatic carbocycles. The first-order chi connectivity index (χ1) is 7.81. The largest absolute Gasteiger partial charge is 0.286 e. The Morgan fingerprint density at radius 1 is 1.12 bits per heavy atom. The molecule has 0 saturated carbocycles. The van der Waals surface area contributed by atoms with Crippen molar-refractivity contribution in [1.82, 2.24) is 10.2 Å². The Morgan fingerprint density at radius 2 is 1.81 bits per heavy atom. The minimum Gasteiger partial charge on any atom is -0.286 e. The van der Waals surface area contributed by atoms with Crippen LogP contribution in [0.25, 0.3) is 0 Å². The van der Waals surface area contributed by atoms with Gasteiger partial charge in [0.1, 0.15) is 0 Å². The molecular weight excluding hydrogens is 220 g/mol. The van der Waals surface area contributed by atoms with E-state index in [9.17, 15) is 0 Å². The number of hydrogen-bond acceptors (Lipinski definition) is 1. The smallest absolute Gasteiger partial charge is 0.0487 e. The Labute approximate surface area is 105 Å². The lowest BCUT2D eigenvalue weighted by molar-refractivity contribution is 0.592. The van der Waals surface area contributed by atoms with Crippen LogP contribution in [0.4, 0.5) is 0 Å². The Kier molecular flexibility index (Phi) is 12.2. The Balaban J connectivity index is 0.000000368. The molecule has 0 spiro atoms. The van der Waals surface area contributed by atoms with Gasteiger partial charge in [0.2, 0.25) is 0 Å². The zero-order valence-corrected chi connectivity index (χ0v) is 11.3. The fourth-order valence-corrected chi connectivity index (χ4v) is 1.71. The van der Waals surface area contributed by atoms with Gasteiger partial charge in [-0.15, -0.1) is 11.6 Å². The van der Waals surface area contributed by atoms with E-state index < -0.39 is 0 Å². The monoisotopic (exact) mass is 244 g/mol. The number of H-pyrrole nitrogens is 1. The lowest BCUT2D eigenvalue weighted by Gasteiger charge is -2.06. The number of hydrogen-bond donors (Lipinski definition) is 1. The second-order valence-corrected chi connectivity index (χ2v) is 4.62. The van der Waals surface area contributed by atoms with Crippen LogP contribution < -0.4 is 0 Å². The molecule has 1 rings (SSSR count). The lowest BCUT2D eigenvalue weighted by atomic mass is 10.1. The highest BCUT2D eigenvalue weighted by atomic mass is 35.5. The summed E-state index contributed by atoms with van der Waals surface area (Å²) in [6.45, 7) is 4.45. The molecule has 16 heavy (non-hydrogen) atoms. The van der Waals surface area contributed by atoms with Gasteiger partial charge in [-0.25, -0.2) is 0 Å². The van der Waals surface area contributed by atoms with E-state index in [-0.39, 0.29) is 0 Å². The molecule has 1 N–H and O–H groups in total. The van der Waals surface area contributed by atoms with Gasteiger partial charge in [0.15, 0.2) is 0 Å². The maximum atomic E-state index is 6.10. The predicted octanol–water partition coefficient (Wildman–Crippen LogP) is 4.77. The van der Waals surface area contributed by atoms with Crippen molar-refractivity contribution in [3.05, 3.63) is 18.5 Å². The van der Waals surface area contributed by atoms with Crippen molar-refractivity contribution in [2.45, 2.75) is 64.2 Å². The third-order valence-electron chi connectivity index (χ3n) is 2.40. The molecule has 0 fully saturated rings. The first kappa shape index (κ1) is 15.5. The third kappa shape index (κ3) is 11.6. The zero-order valence-electron chi connectivity index (χ0n) is 10.6. The van der Waals surface area contributed by atoms with Crippen LogP contribution in [0, 0.1) is 0 Å². The van der Waals surface area contributed by atoms with E-state index in [1.807, 2.05) is 6.07 Å². The van der Waals surface area contributed by atoms with Gasteiger partial charge in [-0.2, -0.15) is 5.10 Å². The van der Waals surface area contributed by atoms with Gasteiger partial charge in [0.25, 0.3) is 0 Å². The molecule has 0 bridgehead atoms. The highest BCUT2D eigenvalue weighted by molar-refractivity contribution is 6.20. The van der Waals surface area contributed by atoms with Gasteiger partial charge in [0, 0.05) is 17.8 Å². The quantitative estimate of drug-likeness (QED) is 0.543. The molecule has 0 radical (unpaired) electrons. The minimum absolute atomic E-state index is 0.446. The number of unbranched alkanes of at least 4 members (excludes halogenated alkanes) is 3. The molecule has 0 aliphatic heterocycles. The number of aromatic nitrogens is 2.